The molecule has 2 unspecified atom stereocenters. The minimum absolute atomic E-state index is 0.220. The number of carboxylic acids is 1. The summed E-state index contributed by atoms with van der Waals surface area (Å²) in [6.07, 6.45) is 0. The van der Waals surface area contributed by atoms with E-state index in [4.69, 9.17) is 23.2 Å². The van der Waals surface area contributed by atoms with Crippen molar-refractivity contribution in [1.29, 1.82) is 0 Å². The van der Waals surface area contributed by atoms with Gasteiger partial charge in [0.1, 0.15) is 5.92 Å². The predicted molar refractivity (Wildman–Crippen MR) is 122 cm³/mol. The summed E-state index contributed by atoms with van der Waals surface area (Å²) in [5.74, 6) is -2.19. The molecule has 0 fully saturated rings. The molecule has 1 amide bonds. The van der Waals surface area contributed by atoms with E-state index < -0.39 is 17.9 Å². The summed E-state index contributed by atoms with van der Waals surface area (Å²) in [5, 5.41) is 11.0. The van der Waals surface area contributed by atoms with Crippen LogP contribution < -0.4 is 0 Å². The average Bonchev–Trinajstić information content (AvgIpc) is 2.72. The normalized spacial score (nSPS) is 18.1. The molecule has 6 heteroatoms. The van der Waals surface area contributed by atoms with Gasteiger partial charge in [0.25, 0.3) is 5.91 Å². The van der Waals surface area contributed by atoms with E-state index in [9.17, 15) is 14.7 Å². The minimum Gasteiger partial charge on any atom is -0.481 e. The molecule has 0 aliphatic carbocycles. The Morgan fingerprint density at radius 3 is 2.39 bits per heavy atom. The Hall–Kier alpha value is -2.82. The Morgan fingerprint density at radius 2 is 1.71 bits per heavy atom. The number of hydrogen-bond donors (Lipinski definition) is 1. The van der Waals surface area contributed by atoms with Crippen molar-refractivity contribution in [1.82, 2.24) is 4.90 Å². The summed E-state index contributed by atoms with van der Waals surface area (Å²) < 4.78 is 0. The number of halogens is 2. The molecule has 31 heavy (non-hydrogen) atoms. The lowest BCUT2D eigenvalue weighted by molar-refractivity contribution is -0.140. The van der Waals surface area contributed by atoms with Crippen LogP contribution in [0.3, 0.4) is 0 Å². The third-order valence-electron chi connectivity index (χ3n) is 5.91. The number of benzene rings is 3. The lowest BCUT2D eigenvalue weighted by Crippen LogP contribution is -2.44. The molecule has 0 radical (unpaired) electrons. The van der Waals surface area contributed by atoms with Crippen LogP contribution in [0.5, 0.6) is 0 Å². The van der Waals surface area contributed by atoms with Gasteiger partial charge < -0.3 is 10.0 Å². The molecule has 158 valence electrons. The maximum Gasteiger partial charge on any atom is 0.313 e. The fourth-order valence-electron chi connectivity index (χ4n) is 4.22. The van der Waals surface area contributed by atoms with Gasteiger partial charge in [-0.3, -0.25) is 9.59 Å². The number of carbonyl (C=O) groups excluding carboxylic acids is 1. The SMILES string of the molecule is Cc1ccc(CN2C(=O)c3ccccc3C(C(=O)O)C2c2ccc(Cl)cc2Cl)cc1C. The van der Waals surface area contributed by atoms with Gasteiger partial charge in [-0.1, -0.05) is 65.7 Å². The van der Waals surface area contributed by atoms with Gasteiger partial charge in [-0.2, -0.15) is 0 Å². The molecule has 0 bridgehead atoms. The second-order valence-electron chi connectivity index (χ2n) is 7.87. The van der Waals surface area contributed by atoms with Crippen molar-refractivity contribution in [3.63, 3.8) is 0 Å². The van der Waals surface area contributed by atoms with Crippen LogP contribution in [-0.4, -0.2) is 21.9 Å². The number of amides is 1. The monoisotopic (exact) mass is 453 g/mol. The smallest absolute Gasteiger partial charge is 0.313 e. The zero-order valence-corrected chi connectivity index (χ0v) is 18.6. The Labute approximate surface area is 191 Å². The van der Waals surface area contributed by atoms with Crippen molar-refractivity contribution in [3.8, 4) is 0 Å². The van der Waals surface area contributed by atoms with Crippen molar-refractivity contribution in [2.45, 2.75) is 32.4 Å². The van der Waals surface area contributed by atoms with Gasteiger partial charge in [0, 0.05) is 22.2 Å². The van der Waals surface area contributed by atoms with Crippen LogP contribution in [-0.2, 0) is 11.3 Å². The van der Waals surface area contributed by atoms with E-state index in [0.29, 0.717) is 26.7 Å². The standard InChI is InChI=1S/C25H21Cl2NO3/c1-14-7-8-16(11-15(14)2)13-28-23(20-10-9-17(26)12-21(20)27)22(25(30)31)18-5-3-4-6-19(18)24(28)29/h3-12,22-23H,13H2,1-2H3,(H,30,31). The molecular weight excluding hydrogens is 433 g/mol. The number of rotatable bonds is 4. The first-order valence-electron chi connectivity index (χ1n) is 9.91. The Kier molecular flexibility index (Phi) is 5.78. The second kappa shape index (κ2) is 8.37. The van der Waals surface area contributed by atoms with E-state index in [1.165, 1.54) is 0 Å². The first-order valence-corrected chi connectivity index (χ1v) is 10.7. The molecule has 0 aromatic heterocycles. The predicted octanol–water partition coefficient (Wildman–Crippen LogP) is 6.18. The van der Waals surface area contributed by atoms with Crippen molar-refractivity contribution < 1.29 is 14.7 Å². The largest absolute Gasteiger partial charge is 0.481 e. The third kappa shape index (κ3) is 3.93. The number of fused-ring (bicyclic) bond motifs is 1. The fourth-order valence-corrected chi connectivity index (χ4v) is 4.74. The van der Waals surface area contributed by atoms with Crippen molar-refractivity contribution >= 4 is 35.1 Å². The van der Waals surface area contributed by atoms with Crippen LogP contribution in [0.1, 0.15) is 50.1 Å². The highest BCUT2D eigenvalue weighted by Crippen LogP contribution is 2.45. The van der Waals surface area contributed by atoms with Crippen molar-refractivity contribution in [2.24, 2.45) is 0 Å². The molecule has 1 aliphatic heterocycles. The van der Waals surface area contributed by atoms with Crippen molar-refractivity contribution in [3.05, 3.63) is 104 Å². The molecular formula is C25H21Cl2NO3. The lowest BCUT2D eigenvalue weighted by Gasteiger charge is -2.41. The van der Waals surface area contributed by atoms with E-state index in [-0.39, 0.29) is 12.5 Å². The minimum atomic E-state index is -1.01. The average molecular weight is 454 g/mol. The molecule has 0 saturated heterocycles. The van der Waals surface area contributed by atoms with E-state index in [1.807, 2.05) is 32.0 Å². The Balaban J connectivity index is 1.91. The zero-order valence-electron chi connectivity index (χ0n) is 17.1. The van der Waals surface area contributed by atoms with E-state index in [2.05, 4.69) is 0 Å². The molecule has 0 saturated carbocycles. The quantitative estimate of drug-likeness (QED) is 0.513. The molecule has 0 spiro atoms. The van der Waals surface area contributed by atoms with Crippen LogP contribution in [0, 0.1) is 13.8 Å². The summed E-state index contributed by atoms with van der Waals surface area (Å²) in [4.78, 5) is 27.7. The van der Waals surface area contributed by atoms with Crippen LogP contribution in [0.25, 0.3) is 0 Å². The molecule has 1 heterocycles. The number of nitrogens with zero attached hydrogens (tertiary/aromatic N) is 1. The molecule has 4 nitrogen and oxygen atoms in total. The maximum atomic E-state index is 13.6. The summed E-state index contributed by atoms with van der Waals surface area (Å²) in [7, 11) is 0. The highest BCUT2D eigenvalue weighted by atomic mass is 35.5. The maximum absolute atomic E-state index is 13.6. The molecule has 2 atom stereocenters. The topological polar surface area (TPSA) is 57.6 Å². The van der Waals surface area contributed by atoms with Gasteiger partial charge in [0.15, 0.2) is 0 Å². The van der Waals surface area contributed by atoms with E-state index in [1.54, 1.807) is 47.4 Å². The van der Waals surface area contributed by atoms with Gasteiger partial charge in [0.2, 0.25) is 0 Å². The Bertz CT molecular complexity index is 1190. The second-order valence-corrected chi connectivity index (χ2v) is 8.71. The highest BCUT2D eigenvalue weighted by molar-refractivity contribution is 6.35. The van der Waals surface area contributed by atoms with Gasteiger partial charge in [-0.05, 0) is 59.9 Å². The molecule has 1 N–H and O–H groups in total. The fraction of sp³-hybridized carbons (Fsp3) is 0.200. The van der Waals surface area contributed by atoms with Gasteiger partial charge >= 0.3 is 5.97 Å². The van der Waals surface area contributed by atoms with E-state index >= 15 is 0 Å². The summed E-state index contributed by atoms with van der Waals surface area (Å²) in [6, 6.07) is 17.1. The highest BCUT2D eigenvalue weighted by Gasteiger charge is 2.44. The van der Waals surface area contributed by atoms with Crippen LogP contribution in [0.15, 0.2) is 60.7 Å². The molecule has 3 aromatic carbocycles. The van der Waals surface area contributed by atoms with Gasteiger partial charge in [-0.15, -0.1) is 0 Å². The van der Waals surface area contributed by atoms with Crippen LogP contribution in [0.4, 0.5) is 0 Å². The number of carbonyl (C=O) groups is 2. The van der Waals surface area contributed by atoms with Gasteiger partial charge in [0.05, 0.1) is 6.04 Å². The number of carboxylic acid groups (broad SMARTS) is 1. The van der Waals surface area contributed by atoms with Crippen molar-refractivity contribution in [2.75, 3.05) is 0 Å². The molecule has 1 aliphatic rings. The van der Waals surface area contributed by atoms with Crippen LogP contribution >= 0.6 is 23.2 Å². The first kappa shape index (κ1) is 21.4. The lowest BCUT2D eigenvalue weighted by atomic mass is 9.79. The first-order chi connectivity index (χ1) is 14.8. The zero-order chi connectivity index (χ0) is 22.3. The summed E-state index contributed by atoms with van der Waals surface area (Å²) in [6.45, 7) is 4.31. The third-order valence-corrected chi connectivity index (χ3v) is 6.47. The Morgan fingerprint density at radius 1 is 0.968 bits per heavy atom. The van der Waals surface area contributed by atoms with Gasteiger partial charge in [-0.25, -0.2) is 0 Å². The molecule has 3 aromatic rings. The number of hydrogen-bond acceptors (Lipinski definition) is 2. The van der Waals surface area contributed by atoms with E-state index in [0.717, 1.165) is 16.7 Å². The molecule has 4 rings (SSSR count). The summed E-state index contributed by atoms with van der Waals surface area (Å²) in [5.41, 5.74) is 4.64. The number of aryl methyl sites for hydroxylation is 2. The summed E-state index contributed by atoms with van der Waals surface area (Å²) >= 11 is 12.6. The van der Waals surface area contributed by atoms with Crippen LogP contribution in [0.2, 0.25) is 10.0 Å². The number of aliphatic carboxylic acids is 1.